The summed E-state index contributed by atoms with van der Waals surface area (Å²) < 4.78 is 17.1. The summed E-state index contributed by atoms with van der Waals surface area (Å²) in [4.78, 5) is 10.2. The fraction of sp³-hybridized carbons (Fsp3) is 0. The Morgan fingerprint density at radius 3 is 2.83 bits per heavy atom. The monoisotopic (exact) mass is 206 g/mol. The van der Waals surface area contributed by atoms with Crippen molar-refractivity contribution in [2.75, 3.05) is 0 Å². The highest BCUT2D eigenvalue weighted by atomic mass is 35.5. The normalized spacial score (nSPS) is 9.58. The molecule has 2 nitrogen and oxygen atoms in total. The van der Waals surface area contributed by atoms with E-state index in [0.717, 1.165) is 6.07 Å². The van der Waals surface area contributed by atoms with Crippen LogP contribution in [0.15, 0.2) is 17.0 Å². The lowest BCUT2D eigenvalue weighted by Gasteiger charge is -2.01. The number of carbonyl (C=O) groups excluding carboxylic acids is 1. The zero-order chi connectivity index (χ0) is 9.14. The Bertz CT molecular complexity index is 317. The second-order valence-electron chi connectivity index (χ2n) is 1.95. The molecule has 0 unspecified atom stereocenters. The number of halogens is 2. The van der Waals surface area contributed by atoms with E-state index in [1.807, 2.05) is 0 Å². The summed E-state index contributed by atoms with van der Waals surface area (Å²) in [5, 5.41) is 0.175. The highest BCUT2D eigenvalue weighted by Crippen LogP contribution is 2.27. The minimum absolute atomic E-state index is 0.138. The molecule has 1 aromatic rings. The van der Waals surface area contributed by atoms with Gasteiger partial charge in [0, 0.05) is 4.90 Å². The zero-order valence-electron chi connectivity index (χ0n) is 5.75. The van der Waals surface area contributed by atoms with Crippen LogP contribution in [0.2, 0.25) is 5.02 Å². The van der Waals surface area contributed by atoms with Crippen LogP contribution in [0.25, 0.3) is 0 Å². The first-order valence-electron chi connectivity index (χ1n) is 2.93. The van der Waals surface area contributed by atoms with E-state index >= 15 is 0 Å². The fourth-order valence-corrected chi connectivity index (χ4v) is 0.993. The molecular formula is C7H4ClFO2S. The summed E-state index contributed by atoms with van der Waals surface area (Å²) in [6.07, 6.45) is 0. The summed E-state index contributed by atoms with van der Waals surface area (Å²) in [6.45, 7) is 0.138. The molecule has 0 fully saturated rings. The Labute approximate surface area is 78.7 Å². The quantitative estimate of drug-likeness (QED) is 0.594. The first-order chi connectivity index (χ1) is 5.65. The van der Waals surface area contributed by atoms with E-state index in [4.69, 9.17) is 11.6 Å². The van der Waals surface area contributed by atoms with Gasteiger partial charge in [-0.05, 0) is 12.1 Å². The molecule has 0 bridgehead atoms. The molecular weight excluding hydrogens is 203 g/mol. The van der Waals surface area contributed by atoms with Crippen molar-refractivity contribution in [2.24, 2.45) is 0 Å². The predicted octanol–water partition coefficient (Wildman–Crippen LogP) is 2.30. The van der Waals surface area contributed by atoms with E-state index in [9.17, 15) is 9.18 Å². The molecule has 0 aliphatic rings. The summed E-state index contributed by atoms with van der Waals surface area (Å²) >= 11 is 9.44. The van der Waals surface area contributed by atoms with Gasteiger partial charge in [-0.2, -0.15) is 0 Å². The van der Waals surface area contributed by atoms with E-state index in [1.165, 1.54) is 6.07 Å². The van der Waals surface area contributed by atoms with Crippen LogP contribution in [-0.4, -0.2) is 6.47 Å². The maximum absolute atomic E-state index is 12.8. The third-order valence-corrected chi connectivity index (χ3v) is 1.99. The van der Waals surface area contributed by atoms with E-state index in [2.05, 4.69) is 17.4 Å². The number of hydrogen-bond donors (Lipinski definition) is 1. The van der Waals surface area contributed by atoms with Gasteiger partial charge in [-0.15, -0.1) is 12.6 Å². The van der Waals surface area contributed by atoms with Gasteiger partial charge in [0.15, 0.2) is 11.6 Å². The molecule has 0 aliphatic carbocycles. The fourth-order valence-electron chi connectivity index (χ4n) is 0.661. The zero-order valence-corrected chi connectivity index (χ0v) is 7.40. The van der Waals surface area contributed by atoms with Crippen LogP contribution in [0.4, 0.5) is 4.39 Å². The second kappa shape index (κ2) is 3.78. The molecule has 0 amide bonds. The Morgan fingerprint density at radius 2 is 2.25 bits per heavy atom. The molecule has 1 rings (SSSR count). The molecule has 0 aromatic heterocycles. The van der Waals surface area contributed by atoms with Gasteiger partial charge in [0.2, 0.25) is 0 Å². The number of ether oxygens (including phenoxy) is 1. The molecule has 1 aromatic carbocycles. The summed E-state index contributed by atoms with van der Waals surface area (Å²) in [6, 6.07) is 2.26. The van der Waals surface area contributed by atoms with Crippen molar-refractivity contribution in [1.82, 2.24) is 0 Å². The summed E-state index contributed by atoms with van der Waals surface area (Å²) in [5.41, 5.74) is 0. The maximum atomic E-state index is 12.8. The van der Waals surface area contributed by atoms with Crippen molar-refractivity contribution >= 4 is 30.7 Å². The first kappa shape index (κ1) is 9.35. The summed E-state index contributed by atoms with van der Waals surface area (Å²) in [5.74, 6) is -0.871. The molecule has 0 radical (unpaired) electrons. The molecule has 12 heavy (non-hydrogen) atoms. The number of hydrogen-bond acceptors (Lipinski definition) is 3. The van der Waals surface area contributed by atoms with Crippen LogP contribution in [0.5, 0.6) is 5.75 Å². The third-order valence-electron chi connectivity index (χ3n) is 1.18. The smallest absolute Gasteiger partial charge is 0.298 e. The Kier molecular flexibility index (Phi) is 2.94. The summed E-state index contributed by atoms with van der Waals surface area (Å²) in [7, 11) is 0. The molecule has 0 N–H and O–H groups in total. The molecule has 64 valence electrons. The van der Waals surface area contributed by atoms with Crippen molar-refractivity contribution in [1.29, 1.82) is 0 Å². The van der Waals surface area contributed by atoms with E-state index in [0.29, 0.717) is 4.90 Å². The third kappa shape index (κ3) is 1.89. The highest BCUT2D eigenvalue weighted by Gasteiger charge is 2.06. The predicted molar refractivity (Wildman–Crippen MR) is 45.4 cm³/mol. The van der Waals surface area contributed by atoms with Gasteiger partial charge in [0.25, 0.3) is 6.47 Å². The molecule has 5 heteroatoms. The lowest BCUT2D eigenvalue weighted by Crippen LogP contribution is -1.92. The average Bonchev–Trinajstić information content (AvgIpc) is 2.01. The number of benzene rings is 1. The van der Waals surface area contributed by atoms with E-state index < -0.39 is 5.82 Å². The van der Waals surface area contributed by atoms with Crippen LogP contribution in [-0.2, 0) is 4.79 Å². The van der Waals surface area contributed by atoms with Gasteiger partial charge in [0.1, 0.15) is 0 Å². The molecule has 0 spiro atoms. The van der Waals surface area contributed by atoms with Crippen LogP contribution in [0, 0.1) is 5.82 Å². The van der Waals surface area contributed by atoms with Gasteiger partial charge in [-0.25, -0.2) is 4.39 Å². The topological polar surface area (TPSA) is 26.3 Å². The lowest BCUT2D eigenvalue weighted by molar-refractivity contribution is -0.120. The number of rotatable bonds is 2. The molecule has 0 atom stereocenters. The van der Waals surface area contributed by atoms with Crippen LogP contribution >= 0.6 is 24.2 Å². The van der Waals surface area contributed by atoms with Crippen LogP contribution < -0.4 is 4.74 Å². The average molecular weight is 207 g/mol. The largest absolute Gasteiger partial charge is 0.426 e. The van der Waals surface area contributed by atoms with Crippen molar-refractivity contribution < 1.29 is 13.9 Å². The van der Waals surface area contributed by atoms with E-state index in [1.54, 1.807) is 0 Å². The Hall–Kier alpha value is -0.740. The molecule has 0 saturated heterocycles. The number of carbonyl (C=O) groups is 1. The lowest BCUT2D eigenvalue weighted by atomic mass is 10.3. The first-order valence-corrected chi connectivity index (χ1v) is 3.76. The Morgan fingerprint density at radius 1 is 1.58 bits per heavy atom. The van der Waals surface area contributed by atoms with Crippen molar-refractivity contribution in [2.45, 2.75) is 4.90 Å². The SMILES string of the molecule is O=COc1cc(S)c(Cl)cc1F. The van der Waals surface area contributed by atoms with Gasteiger partial charge >= 0.3 is 0 Å². The molecule has 0 saturated carbocycles. The van der Waals surface area contributed by atoms with Gasteiger partial charge < -0.3 is 4.74 Å². The maximum Gasteiger partial charge on any atom is 0.298 e. The van der Waals surface area contributed by atoms with Gasteiger partial charge in [0.05, 0.1) is 5.02 Å². The standard InChI is InChI=1S/C7H4ClFO2S/c8-4-1-5(9)6(11-3-10)2-7(4)12/h1-3,12H. The van der Waals surface area contributed by atoms with Crippen molar-refractivity contribution in [3.8, 4) is 5.75 Å². The van der Waals surface area contributed by atoms with Gasteiger partial charge in [-0.3, -0.25) is 4.79 Å². The van der Waals surface area contributed by atoms with Crippen molar-refractivity contribution in [3.05, 3.63) is 23.0 Å². The second-order valence-corrected chi connectivity index (χ2v) is 2.84. The van der Waals surface area contributed by atoms with Crippen LogP contribution in [0.3, 0.4) is 0 Å². The molecule has 0 heterocycles. The minimum atomic E-state index is -0.690. The number of thiol groups is 1. The minimum Gasteiger partial charge on any atom is -0.426 e. The van der Waals surface area contributed by atoms with E-state index in [-0.39, 0.29) is 17.2 Å². The van der Waals surface area contributed by atoms with Crippen LogP contribution in [0.1, 0.15) is 0 Å². The highest BCUT2D eigenvalue weighted by molar-refractivity contribution is 7.80. The van der Waals surface area contributed by atoms with Crippen molar-refractivity contribution in [3.63, 3.8) is 0 Å². The van der Waals surface area contributed by atoms with Gasteiger partial charge in [-0.1, -0.05) is 11.6 Å². The Balaban J connectivity index is 3.13. The molecule has 0 aliphatic heterocycles.